The number of hydrogen-bond donors (Lipinski definition) is 1. The zero-order chi connectivity index (χ0) is 14.8. The van der Waals surface area contributed by atoms with Gasteiger partial charge >= 0.3 is 0 Å². The molecule has 1 atom stereocenters. The van der Waals surface area contributed by atoms with Crippen molar-refractivity contribution in [3.8, 4) is 11.5 Å². The van der Waals surface area contributed by atoms with Crippen LogP contribution in [-0.2, 0) is 0 Å². The second-order valence-corrected chi connectivity index (χ2v) is 5.31. The Morgan fingerprint density at radius 3 is 2.30 bits per heavy atom. The van der Waals surface area contributed by atoms with Gasteiger partial charge in [-0.2, -0.15) is 0 Å². The molecule has 0 amide bonds. The molecule has 0 aliphatic heterocycles. The van der Waals surface area contributed by atoms with E-state index in [9.17, 15) is 0 Å². The second-order valence-electron chi connectivity index (χ2n) is 5.31. The third-order valence-corrected chi connectivity index (χ3v) is 3.40. The second kappa shape index (κ2) is 9.51. The van der Waals surface area contributed by atoms with Crippen molar-refractivity contribution in [1.29, 1.82) is 0 Å². The van der Waals surface area contributed by atoms with Gasteiger partial charge in [0.05, 0.1) is 13.2 Å². The largest absolute Gasteiger partial charge is 0.493 e. The Balaban J connectivity index is 2.55. The quantitative estimate of drug-likeness (QED) is 0.634. The third kappa shape index (κ3) is 6.18. The van der Waals surface area contributed by atoms with Crippen LogP contribution in [0.5, 0.6) is 11.5 Å². The molecule has 0 aromatic heterocycles. The molecule has 3 nitrogen and oxygen atoms in total. The summed E-state index contributed by atoms with van der Waals surface area (Å²) < 4.78 is 11.5. The predicted octanol–water partition coefficient (Wildman–Crippen LogP) is 4.65. The maximum absolute atomic E-state index is 5.90. The maximum atomic E-state index is 5.90. The first-order chi connectivity index (χ1) is 9.69. The molecule has 20 heavy (non-hydrogen) atoms. The molecule has 1 unspecified atom stereocenters. The number of nitrogen functional groups attached to an aromatic ring is 1. The van der Waals surface area contributed by atoms with E-state index in [1.54, 1.807) is 0 Å². The van der Waals surface area contributed by atoms with E-state index in [0.29, 0.717) is 18.2 Å². The van der Waals surface area contributed by atoms with Crippen molar-refractivity contribution in [3.63, 3.8) is 0 Å². The van der Waals surface area contributed by atoms with Gasteiger partial charge in [-0.15, -0.1) is 0 Å². The minimum absolute atomic E-state index is 0.622. The molecule has 114 valence electrons. The first-order valence-electron chi connectivity index (χ1n) is 7.85. The summed E-state index contributed by atoms with van der Waals surface area (Å²) in [5.41, 5.74) is 6.58. The molecule has 0 aliphatic carbocycles. The fourth-order valence-corrected chi connectivity index (χ4v) is 2.09. The molecular weight excluding hydrogens is 250 g/mol. The summed E-state index contributed by atoms with van der Waals surface area (Å²) in [4.78, 5) is 0. The van der Waals surface area contributed by atoms with Crippen LogP contribution < -0.4 is 15.2 Å². The van der Waals surface area contributed by atoms with Crippen LogP contribution in [0.4, 0.5) is 5.69 Å². The van der Waals surface area contributed by atoms with Crippen molar-refractivity contribution >= 4 is 5.69 Å². The van der Waals surface area contributed by atoms with E-state index in [2.05, 4.69) is 20.8 Å². The van der Waals surface area contributed by atoms with Gasteiger partial charge in [-0.25, -0.2) is 0 Å². The lowest BCUT2D eigenvalue weighted by Gasteiger charge is -2.16. The SMILES string of the molecule is CCCCC(CC)COc1cc(N)cc(OCCC)c1. The van der Waals surface area contributed by atoms with E-state index in [1.807, 2.05) is 18.2 Å². The van der Waals surface area contributed by atoms with Gasteiger partial charge in [0, 0.05) is 23.9 Å². The monoisotopic (exact) mass is 279 g/mol. The smallest absolute Gasteiger partial charge is 0.125 e. The standard InChI is InChI=1S/C17H29NO2/c1-4-7-8-14(6-3)13-20-17-11-15(18)10-16(12-17)19-9-5-2/h10-12,14H,4-9,13,18H2,1-3H3. The highest BCUT2D eigenvalue weighted by molar-refractivity contribution is 5.50. The van der Waals surface area contributed by atoms with Gasteiger partial charge in [0.25, 0.3) is 0 Å². The maximum Gasteiger partial charge on any atom is 0.125 e. The summed E-state index contributed by atoms with van der Waals surface area (Å²) in [7, 11) is 0. The zero-order valence-corrected chi connectivity index (χ0v) is 13.2. The van der Waals surface area contributed by atoms with Gasteiger partial charge in [0.2, 0.25) is 0 Å². The Labute approximate surface area is 123 Å². The van der Waals surface area contributed by atoms with Gasteiger partial charge in [-0.05, 0) is 18.8 Å². The van der Waals surface area contributed by atoms with Crippen LogP contribution >= 0.6 is 0 Å². The number of anilines is 1. The van der Waals surface area contributed by atoms with Crippen LogP contribution in [0.25, 0.3) is 0 Å². The van der Waals surface area contributed by atoms with Gasteiger partial charge in [0.1, 0.15) is 11.5 Å². The predicted molar refractivity (Wildman–Crippen MR) is 85.4 cm³/mol. The lowest BCUT2D eigenvalue weighted by Crippen LogP contribution is -2.11. The van der Waals surface area contributed by atoms with Crippen molar-refractivity contribution in [2.24, 2.45) is 5.92 Å². The molecule has 3 heteroatoms. The first-order valence-corrected chi connectivity index (χ1v) is 7.85. The van der Waals surface area contributed by atoms with E-state index < -0.39 is 0 Å². The molecule has 2 N–H and O–H groups in total. The molecule has 0 fully saturated rings. The number of benzene rings is 1. The van der Waals surface area contributed by atoms with E-state index >= 15 is 0 Å². The van der Waals surface area contributed by atoms with Crippen molar-refractivity contribution in [2.45, 2.75) is 52.9 Å². The summed E-state index contributed by atoms with van der Waals surface area (Å²) >= 11 is 0. The molecule has 0 aliphatic rings. The first kappa shape index (κ1) is 16.7. The van der Waals surface area contributed by atoms with E-state index in [1.165, 1.54) is 19.3 Å². The molecule has 1 rings (SSSR count). The zero-order valence-electron chi connectivity index (χ0n) is 13.2. The number of hydrogen-bond acceptors (Lipinski definition) is 3. The molecule has 0 heterocycles. The molecule has 1 aromatic carbocycles. The van der Waals surface area contributed by atoms with Gasteiger partial charge in [-0.1, -0.05) is 40.0 Å². The normalized spacial score (nSPS) is 12.2. The fourth-order valence-electron chi connectivity index (χ4n) is 2.09. The number of ether oxygens (including phenoxy) is 2. The number of nitrogens with two attached hydrogens (primary N) is 1. The minimum atomic E-state index is 0.622. The van der Waals surface area contributed by atoms with Gasteiger partial charge in [-0.3, -0.25) is 0 Å². The molecule has 1 aromatic rings. The van der Waals surface area contributed by atoms with Crippen molar-refractivity contribution in [1.82, 2.24) is 0 Å². The van der Waals surface area contributed by atoms with Crippen molar-refractivity contribution in [2.75, 3.05) is 18.9 Å². The van der Waals surface area contributed by atoms with Crippen LogP contribution in [0.1, 0.15) is 52.9 Å². The molecular formula is C17H29NO2. The average Bonchev–Trinajstić information content (AvgIpc) is 2.45. The fraction of sp³-hybridized carbons (Fsp3) is 0.647. The van der Waals surface area contributed by atoms with E-state index in [4.69, 9.17) is 15.2 Å². The lowest BCUT2D eigenvalue weighted by molar-refractivity contribution is 0.232. The Bertz CT molecular complexity index is 379. The lowest BCUT2D eigenvalue weighted by atomic mass is 10.0. The molecule has 0 radical (unpaired) electrons. The molecule has 0 spiro atoms. The number of unbranched alkanes of at least 4 members (excludes halogenated alkanes) is 1. The van der Waals surface area contributed by atoms with E-state index in [-0.39, 0.29) is 0 Å². The Kier molecular flexibility index (Phi) is 7.93. The Morgan fingerprint density at radius 2 is 1.70 bits per heavy atom. The summed E-state index contributed by atoms with van der Waals surface area (Å²) in [6.45, 7) is 8.00. The van der Waals surface area contributed by atoms with Crippen LogP contribution in [0.15, 0.2) is 18.2 Å². The van der Waals surface area contributed by atoms with Gasteiger partial charge in [0.15, 0.2) is 0 Å². The minimum Gasteiger partial charge on any atom is -0.493 e. The highest BCUT2D eigenvalue weighted by atomic mass is 16.5. The van der Waals surface area contributed by atoms with Crippen LogP contribution in [0.3, 0.4) is 0 Å². The summed E-state index contributed by atoms with van der Waals surface area (Å²) in [5.74, 6) is 2.23. The van der Waals surface area contributed by atoms with Crippen molar-refractivity contribution < 1.29 is 9.47 Å². The van der Waals surface area contributed by atoms with Crippen LogP contribution in [0, 0.1) is 5.92 Å². The van der Waals surface area contributed by atoms with Crippen molar-refractivity contribution in [3.05, 3.63) is 18.2 Å². The molecule has 0 saturated carbocycles. The van der Waals surface area contributed by atoms with Crippen LogP contribution in [-0.4, -0.2) is 13.2 Å². The third-order valence-electron chi connectivity index (χ3n) is 3.40. The topological polar surface area (TPSA) is 44.5 Å². The Morgan fingerprint density at radius 1 is 1.00 bits per heavy atom. The van der Waals surface area contributed by atoms with Gasteiger partial charge < -0.3 is 15.2 Å². The Hall–Kier alpha value is -1.38. The van der Waals surface area contributed by atoms with E-state index in [0.717, 1.165) is 30.9 Å². The molecule has 0 saturated heterocycles. The summed E-state index contributed by atoms with van der Waals surface area (Å²) in [6.07, 6.45) is 5.88. The highest BCUT2D eigenvalue weighted by Crippen LogP contribution is 2.25. The average molecular weight is 279 g/mol. The summed E-state index contributed by atoms with van der Waals surface area (Å²) in [5, 5.41) is 0. The highest BCUT2D eigenvalue weighted by Gasteiger charge is 2.08. The number of rotatable bonds is 10. The summed E-state index contributed by atoms with van der Waals surface area (Å²) in [6, 6.07) is 5.64. The van der Waals surface area contributed by atoms with Crippen LogP contribution in [0.2, 0.25) is 0 Å². The molecule has 0 bridgehead atoms.